The second-order valence-electron chi connectivity index (χ2n) is 6.24. The largest absolute Gasteiger partial charge is 0.356 e. The molecule has 0 aliphatic carbocycles. The third kappa shape index (κ3) is 2.90. The molecule has 7 heteroatoms. The van der Waals surface area contributed by atoms with Gasteiger partial charge in [-0.3, -0.25) is 9.63 Å². The third-order valence-electron chi connectivity index (χ3n) is 4.46. The first-order valence-corrected chi connectivity index (χ1v) is 9.53. The number of hydroxylamine groups is 2. The highest BCUT2D eigenvalue weighted by atomic mass is 32.1. The molecule has 0 atom stereocenters. The lowest BCUT2D eigenvalue weighted by Crippen LogP contribution is -2.26. The number of hydrogen-bond acceptors (Lipinski definition) is 6. The lowest BCUT2D eigenvalue weighted by molar-refractivity contribution is -0.0768. The Balaban J connectivity index is 1.53. The maximum Gasteiger partial charge on any atom is 0.277 e. The van der Waals surface area contributed by atoms with Gasteiger partial charge in [0.25, 0.3) is 5.91 Å². The van der Waals surface area contributed by atoms with Crippen molar-refractivity contribution in [2.45, 2.75) is 6.42 Å². The Kier molecular flexibility index (Phi) is 3.95. The molecule has 1 saturated heterocycles. The highest BCUT2D eigenvalue weighted by molar-refractivity contribution is 7.13. The number of nitrogens with zero attached hydrogens (tertiary/aromatic N) is 3. The van der Waals surface area contributed by atoms with Crippen LogP contribution in [0.4, 0.5) is 0 Å². The van der Waals surface area contributed by atoms with Crippen LogP contribution in [0.15, 0.2) is 58.4 Å². The lowest BCUT2D eigenvalue weighted by atomic mass is 10.1. The minimum absolute atomic E-state index is 0.148. The van der Waals surface area contributed by atoms with Gasteiger partial charge >= 0.3 is 0 Å². The zero-order valence-corrected chi connectivity index (χ0v) is 15.1. The molecule has 5 rings (SSSR count). The van der Waals surface area contributed by atoms with Crippen LogP contribution in [0.2, 0.25) is 0 Å². The van der Waals surface area contributed by atoms with Crippen LogP contribution in [0.3, 0.4) is 0 Å². The zero-order valence-electron chi connectivity index (χ0n) is 14.3. The van der Waals surface area contributed by atoms with E-state index in [9.17, 15) is 4.79 Å². The van der Waals surface area contributed by atoms with Gasteiger partial charge in [0.15, 0.2) is 5.58 Å². The number of rotatable bonds is 3. The molecule has 27 heavy (non-hydrogen) atoms. The first-order valence-electron chi connectivity index (χ1n) is 8.65. The third-order valence-corrected chi connectivity index (χ3v) is 5.36. The van der Waals surface area contributed by atoms with Crippen molar-refractivity contribution < 1.29 is 14.2 Å². The summed E-state index contributed by atoms with van der Waals surface area (Å²) >= 11 is 1.55. The summed E-state index contributed by atoms with van der Waals surface area (Å²) in [5.74, 6) is -0.148. The van der Waals surface area contributed by atoms with Gasteiger partial charge in [0.05, 0.1) is 18.5 Å². The van der Waals surface area contributed by atoms with Gasteiger partial charge in [0.1, 0.15) is 16.4 Å². The molecule has 0 saturated carbocycles. The average Bonchev–Trinajstić information content (AvgIpc) is 3.47. The van der Waals surface area contributed by atoms with Crippen molar-refractivity contribution in [2.24, 2.45) is 0 Å². The van der Waals surface area contributed by atoms with E-state index in [2.05, 4.69) is 5.16 Å². The van der Waals surface area contributed by atoms with Gasteiger partial charge in [0.2, 0.25) is 0 Å². The summed E-state index contributed by atoms with van der Waals surface area (Å²) in [6, 6.07) is 15.3. The van der Waals surface area contributed by atoms with Gasteiger partial charge in [-0.25, -0.2) is 10.0 Å². The summed E-state index contributed by atoms with van der Waals surface area (Å²) in [6.45, 7) is 1.19. The summed E-state index contributed by atoms with van der Waals surface area (Å²) < 4.78 is 5.44. The van der Waals surface area contributed by atoms with Crippen LogP contribution in [0.5, 0.6) is 0 Å². The second kappa shape index (κ2) is 6.61. The summed E-state index contributed by atoms with van der Waals surface area (Å²) in [4.78, 5) is 22.7. The standard InChI is InChI=1S/C20H15N3O3S/c24-20(23-9-4-10-25-23)14-7-8-17-15(11-14)18(22-26-17)16-12-27-19(21-16)13-5-2-1-3-6-13/h1-3,5-8,11-12H,4,9-10H2. The molecular weight excluding hydrogens is 362 g/mol. The van der Waals surface area contributed by atoms with Gasteiger partial charge in [-0.05, 0) is 24.6 Å². The fourth-order valence-corrected chi connectivity index (χ4v) is 3.91. The molecule has 3 heterocycles. The van der Waals surface area contributed by atoms with Crippen molar-refractivity contribution in [1.29, 1.82) is 0 Å². The molecule has 1 amide bonds. The quantitative estimate of drug-likeness (QED) is 0.529. The first kappa shape index (κ1) is 16.2. The Morgan fingerprint density at radius 2 is 2.04 bits per heavy atom. The van der Waals surface area contributed by atoms with Gasteiger partial charge in [-0.1, -0.05) is 35.5 Å². The zero-order chi connectivity index (χ0) is 18.2. The normalized spacial score (nSPS) is 14.1. The van der Waals surface area contributed by atoms with Gasteiger partial charge in [-0.2, -0.15) is 0 Å². The number of aromatic nitrogens is 2. The molecule has 0 radical (unpaired) electrons. The highest BCUT2D eigenvalue weighted by Gasteiger charge is 2.22. The molecule has 2 aromatic carbocycles. The summed E-state index contributed by atoms with van der Waals surface area (Å²) in [5, 5.41) is 9.23. The maximum atomic E-state index is 12.6. The van der Waals surface area contributed by atoms with Gasteiger partial charge in [0, 0.05) is 16.5 Å². The number of carbonyl (C=O) groups excluding carboxylic acids is 1. The Labute approximate surface area is 158 Å². The number of thiazole rings is 1. The Morgan fingerprint density at radius 3 is 2.85 bits per heavy atom. The van der Waals surface area contributed by atoms with Crippen LogP contribution >= 0.6 is 11.3 Å². The van der Waals surface area contributed by atoms with Crippen molar-refractivity contribution >= 4 is 28.2 Å². The molecule has 6 nitrogen and oxygen atoms in total. The Hall–Kier alpha value is -3.03. The first-order chi connectivity index (χ1) is 13.3. The minimum Gasteiger partial charge on any atom is -0.356 e. The molecule has 0 N–H and O–H groups in total. The summed E-state index contributed by atoms with van der Waals surface area (Å²) in [7, 11) is 0. The van der Waals surface area contributed by atoms with Crippen LogP contribution in [0.25, 0.3) is 32.9 Å². The van der Waals surface area contributed by atoms with E-state index in [1.54, 1.807) is 29.5 Å². The van der Waals surface area contributed by atoms with E-state index in [-0.39, 0.29) is 5.91 Å². The highest BCUT2D eigenvalue weighted by Crippen LogP contribution is 2.33. The summed E-state index contributed by atoms with van der Waals surface area (Å²) in [5.41, 5.74) is 3.61. The molecule has 1 fully saturated rings. The lowest BCUT2D eigenvalue weighted by Gasteiger charge is -2.13. The van der Waals surface area contributed by atoms with Crippen LogP contribution in [0, 0.1) is 0 Å². The fourth-order valence-electron chi connectivity index (χ4n) is 3.10. The minimum atomic E-state index is -0.148. The van der Waals surface area contributed by atoms with Crippen LogP contribution in [-0.2, 0) is 4.84 Å². The molecule has 1 aliphatic heterocycles. The van der Waals surface area contributed by atoms with Crippen LogP contribution in [0.1, 0.15) is 16.8 Å². The van der Waals surface area contributed by atoms with Crippen molar-refractivity contribution in [3.63, 3.8) is 0 Å². The molecule has 0 spiro atoms. The van der Waals surface area contributed by atoms with Crippen molar-refractivity contribution in [3.8, 4) is 22.0 Å². The predicted octanol–water partition coefficient (Wildman–Crippen LogP) is 4.40. The number of fused-ring (bicyclic) bond motifs is 1. The van der Waals surface area contributed by atoms with Crippen molar-refractivity contribution in [2.75, 3.05) is 13.2 Å². The number of benzene rings is 2. The van der Waals surface area contributed by atoms with E-state index in [4.69, 9.17) is 14.3 Å². The van der Waals surface area contributed by atoms with E-state index in [1.165, 1.54) is 5.06 Å². The van der Waals surface area contributed by atoms with E-state index in [0.717, 1.165) is 28.1 Å². The van der Waals surface area contributed by atoms with E-state index in [1.807, 2.05) is 35.7 Å². The number of hydrogen-bond donors (Lipinski definition) is 0. The topological polar surface area (TPSA) is 68.5 Å². The SMILES string of the molecule is O=C(c1ccc2onc(-c3csc(-c4ccccc4)n3)c2c1)N1CCCO1. The number of amides is 1. The summed E-state index contributed by atoms with van der Waals surface area (Å²) in [6.07, 6.45) is 0.855. The van der Waals surface area contributed by atoms with Crippen molar-refractivity contribution in [1.82, 2.24) is 15.2 Å². The monoisotopic (exact) mass is 377 g/mol. The van der Waals surface area contributed by atoms with E-state index < -0.39 is 0 Å². The Morgan fingerprint density at radius 1 is 1.15 bits per heavy atom. The maximum absolute atomic E-state index is 12.6. The van der Waals surface area contributed by atoms with Crippen LogP contribution in [-0.4, -0.2) is 34.3 Å². The smallest absolute Gasteiger partial charge is 0.277 e. The molecule has 1 aliphatic rings. The molecular formula is C20H15N3O3S. The predicted molar refractivity (Wildman–Crippen MR) is 102 cm³/mol. The van der Waals surface area contributed by atoms with Gasteiger partial charge in [-0.15, -0.1) is 11.3 Å². The molecule has 134 valence electrons. The molecule has 2 aromatic heterocycles. The average molecular weight is 377 g/mol. The fraction of sp³-hybridized carbons (Fsp3) is 0.150. The number of carbonyl (C=O) groups is 1. The van der Waals surface area contributed by atoms with Crippen LogP contribution < -0.4 is 0 Å². The molecule has 0 bridgehead atoms. The Bertz CT molecular complexity index is 1110. The van der Waals surface area contributed by atoms with Gasteiger partial charge < -0.3 is 4.52 Å². The van der Waals surface area contributed by atoms with Crippen molar-refractivity contribution in [3.05, 3.63) is 59.5 Å². The van der Waals surface area contributed by atoms with E-state index >= 15 is 0 Å². The molecule has 0 unspecified atom stereocenters. The van der Waals surface area contributed by atoms with E-state index in [0.29, 0.717) is 30.0 Å². The molecule has 4 aromatic rings. The second-order valence-corrected chi connectivity index (χ2v) is 7.10.